The molecule has 4 fully saturated rings. The summed E-state index contributed by atoms with van der Waals surface area (Å²) in [6, 6.07) is 0.211. The van der Waals surface area contributed by atoms with E-state index in [1.54, 1.807) is 0 Å². The number of hydrogen-bond acceptors (Lipinski definition) is 5. The van der Waals surface area contributed by atoms with Crippen molar-refractivity contribution in [2.75, 3.05) is 39.4 Å². The zero-order valence-electron chi connectivity index (χ0n) is 12.1. The van der Waals surface area contributed by atoms with Crippen LogP contribution >= 0.6 is 0 Å². The molecule has 3 saturated heterocycles. The third kappa shape index (κ3) is 2.36. The third-order valence-electron chi connectivity index (χ3n) is 5.30. The first kappa shape index (κ1) is 13.9. The quantitative estimate of drug-likeness (QED) is 0.659. The molecular weight excluding hydrogens is 275 g/mol. The molecule has 3 aliphatic heterocycles. The molecule has 0 aromatic rings. The number of ether oxygens (including phenoxy) is 1. The van der Waals surface area contributed by atoms with Gasteiger partial charge in [0.25, 0.3) is 0 Å². The van der Waals surface area contributed by atoms with Crippen LogP contribution < -0.4 is 10.6 Å². The zero-order chi connectivity index (χ0) is 14.4. The Morgan fingerprint density at radius 1 is 1.19 bits per heavy atom. The van der Waals surface area contributed by atoms with Gasteiger partial charge in [0.1, 0.15) is 12.5 Å². The molecule has 0 bridgehead atoms. The van der Waals surface area contributed by atoms with Crippen LogP contribution in [0.2, 0.25) is 0 Å². The summed E-state index contributed by atoms with van der Waals surface area (Å²) < 4.78 is 19.4. The van der Waals surface area contributed by atoms with Crippen LogP contribution in [-0.2, 0) is 9.53 Å². The number of alkyl halides is 1. The smallest absolute Gasteiger partial charge is 0.224 e. The highest BCUT2D eigenvalue weighted by atomic mass is 19.1. The van der Waals surface area contributed by atoms with Gasteiger partial charge in [0.15, 0.2) is 0 Å². The van der Waals surface area contributed by atoms with Crippen LogP contribution in [0.15, 0.2) is 0 Å². The highest BCUT2D eigenvalue weighted by Crippen LogP contribution is 2.37. The van der Waals surface area contributed by atoms with Crippen molar-refractivity contribution in [2.45, 2.75) is 37.4 Å². The van der Waals surface area contributed by atoms with E-state index in [0.717, 1.165) is 32.8 Å². The van der Waals surface area contributed by atoms with Crippen molar-refractivity contribution in [1.82, 2.24) is 20.4 Å². The number of amides is 1. The summed E-state index contributed by atoms with van der Waals surface area (Å²) >= 11 is 0. The molecule has 0 spiro atoms. The maximum atomic E-state index is 14.0. The van der Waals surface area contributed by atoms with Crippen molar-refractivity contribution in [2.24, 2.45) is 5.92 Å². The number of halogens is 1. The highest BCUT2D eigenvalue weighted by molar-refractivity contribution is 5.80. The van der Waals surface area contributed by atoms with E-state index in [1.807, 2.05) is 0 Å². The van der Waals surface area contributed by atoms with E-state index in [4.69, 9.17) is 4.74 Å². The van der Waals surface area contributed by atoms with Crippen LogP contribution in [0.4, 0.5) is 4.39 Å². The van der Waals surface area contributed by atoms with Crippen LogP contribution in [0, 0.1) is 5.92 Å². The maximum absolute atomic E-state index is 14.0. The minimum absolute atomic E-state index is 0.0271. The Hall–Kier alpha value is -0.760. The summed E-state index contributed by atoms with van der Waals surface area (Å²) in [6.45, 7) is 4.74. The first-order valence-electron chi connectivity index (χ1n) is 7.99. The van der Waals surface area contributed by atoms with E-state index in [2.05, 4.69) is 20.4 Å². The number of nitrogens with zero attached hydrogens (tertiary/aromatic N) is 2. The number of rotatable bonds is 1. The molecule has 1 saturated carbocycles. The molecule has 1 amide bonds. The van der Waals surface area contributed by atoms with Crippen molar-refractivity contribution in [3.8, 4) is 0 Å². The lowest BCUT2D eigenvalue weighted by Gasteiger charge is -2.39. The molecule has 2 N–H and O–H groups in total. The summed E-state index contributed by atoms with van der Waals surface area (Å²) in [5.41, 5.74) is 0. The minimum Gasteiger partial charge on any atom is -0.379 e. The van der Waals surface area contributed by atoms with Crippen molar-refractivity contribution in [1.29, 1.82) is 0 Å². The first-order chi connectivity index (χ1) is 10.2. The van der Waals surface area contributed by atoms with E-state index in [1.165, 1.54) is 0 Å². The summed E-state index contributed by atoms with van der Waals surface area (Å²) in [6.07, 6.45) is 0.120. The number of morpholine rings is 1. The molecule has 5 atom stereocenters. The van der Waals surface area contributed by atoms with E-state index in [9.17, 15) is 9.18 Å². The van der Waals surface area contributed by atoms with E-state index >= 15 is 0 Å². The van der Waals surface area contributed by atoms with E-state index in [-0.39, 0.29) is 30.2 Å². The normalized spacial score (nSPS) is 45.0. The van der Waals surface area contributed by atoms with Gasteiger partial charge in [-0.15, -0.1) is 0 Å². The predicted molar refractivity (Wildman–Crippen MR) is 74.2 cm³/mol. The lowest BCUT2D eigenvalue weighted by Crippen LogP contribution is -2.56. The van der Waals surface area contributed by atoms with Crippen molar-refractivity contribution in [3.63, 3.8) is 0 Å². The number of nitrogens with one attached hydrogen (secondary N) is 2. The Balaban J connectivity index is 1.60. The second kappa shape index (κ2) is 5.46. The number of hydrogen-bond donors (Lipinski definition) is 2. The van der Waals surface area contributed by atoms with Crippen molar-refractivity contribution < 1.29 is 13.9 Å². The van der Waals surface area contributed by atoms with Gasteiger partial charge in [0.05, 0.1) is 19.1 Å². The van der Waals surface area contributed by atoms with Crippen LogP contribution in [0.3, 0.4) is 0 Å². The SMILES string of the molecule is O=C1NCCN2C3C(CC(F)CC13)NC2N1CCOCC1. The minimum atomic E-state index is -0.877. The van der Waals surface area contributed by atoms with E-state index in [0.29, 0.717) is 19.4 Å². The molecule has 4 rings (SSSR count). The fraction of sp³-hybridized carbons (Fsp3) is 0.929. The molecule has 118 valence electrons. The van der Waals surface area contributed by atoms with Crippen LogP contribution in [0.25, 0.3) is 0 Å². The van der Waals surface area contributed by atoms with Gasteiger partial charge in [0, 0.05) is 38.3 Å². The molecule has 0 radical (unpaired) electrons. The lowest BCUT2D eigenvalue weighted by atomic mass is 9.80. The predicted octanol–water partition coefficient (Wildman–Crippen LogP) is -0.877. The fourth-order valence-corrected chi connectivity index (χ4v) is 4.40. The summed E-state index contributed by atoms with van der Waals surface area (Å²) in [7, 11) is 0. The molecule has 5 unspecified atom stereocenters. The molecule has 6 nitrogen and oxygen atoms in total. The Morgan fingerprint density at radius 2 is 2.00 bits per heavy atom. The summed E-state index contributed by atoms with van der Waals surface area (Å²) in [5.74, 6) is -0.195. The van der Waals surface area contributed by atoms with Crippen LogP contribution in [-0.4, -0.2) is 79.6 Å². The topological polar surface area (TPSA) is 56.8 Å². The highest BCUT2D eigenvalue weighted by Gasteiger charge is 2.53. The van der Waals surface area contributed by atoms with Crippen LogP contribution in [0.5, 0.6) is 0 Å². The zero-order valence-corrected chi connectivity index (χ0v) is 12.1. The van der Waals surface area contributed by atoms with Gasteiger partial charge in [-0.25, -0.2) is 4.39 Å². The second-order valence-electron chi connectivity index (χ2n) is 6.49. The average Bonchev–Trinajstić information content (AvgIpc) is 2.76. The fourth-order valence-electron chi connectivity index (χ4n) is 4.40. The largest absolute Gasteiger partial charge is 0.379 e. The molecule has 7 heteroatoms. The van der Waals surface area contributed by atoms with Crippen molar-refractivity contribution in [3.05, 3.63) is 0 Å². The Bertz CT molecular complexity index is 418. The molecule has 1 aliphatic carbocycles. The lowest BCUT2D eigenvalue weighted by molar-refractivity contribution is -0.128. The maximum Gasteiger partial charge on any atom is 0.224 e. The molecule has 0 aromatic carbocycles. The van der Waals surface area contributed by atoms with Gasteiger partial charge in [0.2, 0.25) is 5.91 Å². The summed E-state index contributed by atoms with van der Waals surface area (Å²) in [4.78, 5) is 17.0. The molecule has 3 heterocycles. The van der Waals surface area contributed by atoms with Gasteiger partial charge in [-0.1, -0.05) is 0 Å². The molecule has 4 aliphatic rings. The standard InChI is InChI=1S/C14H23FN4O2/c15-9-7-10-12-11(8-9)17-14(18-3-5-21-6-4-18)19(12)2-1-16-13(10)20/h9-12,14,17H,1-8H2,(H,16,20). The van der Waals surface area contributed by atoms with Gasteiger partial charge >= 0.3 is 0 Å². The Morgan fingerprint density at radius 3 is 2.81 bits per heavy atom. The number of carbonyl (C=O) groups is 1. The Labute approximate surface area is 124 Å². The molecule has 21 heavy (non-hydrogen) atoms. The molecular formula is C14H23FN4O2. The van der Waals surface area contributed by atoms with Gasteiger partial charge in [-0.2, -0.15) is 0 Å². The van der Waals surface area contributed by atoms with Gasteiger partial charge in [-0.3, -0.25) is 19.9 Å². The average molecular weight is 298 g/mol. The summed E-state index contributed by atoms with van der Waals surface area (Å²) in [5, 5.41) is 6.54. The van der Waals surface area contributed by atoms with Crippen molar-refractivity contribution >= 4 is 5.91 Å². The first-order valence-corrected chi connectivity index (χ1v) is 7.99. The number of carbonyl (C=O) groups excluding carboxylic acids is 1. The van der Waals surface area contributed by atoms with Gasteiger partial charge in [-0.05, 0) is 12.8 Å². The van der Waals surface area contributed by atoms with E-state index < -0.39 is 6.17 Å². The second-order valence-corrected chi connectivity index (χ2v) is 6.49. The van der Waals surface area contributed by atoms with Crippen LogP contribution in [0.1, 0.15) is 12.8 Å². The third-order valence-corrected chi connectivity index (χ3v) is 5.30. The molecule has 0 aromatic heterocycles. The van der Waals surface area contributed by atoms with Gasteiger partial charge < -0.3 is 10.1 Å². The monoisotopic (exact) mass is 298 g/mol. The Kier molecular flexibility index (Phi) is 3.61.